The zero-order valence-electron chi connectivity index (χ0n) is 34.0. The van der Waals surface area contributed by atoms with Crippen LogP contribution < -0.4 is 9.47 Å². The van der Waals surface area contributed by atoms with Gasteiger partial charge in [0.25, 0.3) is 0 Å². The largest absolute Gasteiger partial charge is 0.508 e. The molecule has 13 heteroatoms. The molecule has 0 heterocycles. The van der Waals surface area contributed by atoms with E-state index in [1.807, 2.05) is 13.8 Å². The SMILES string of the molecule is CC(C)C.CC(C)c1c(F)c(F)c(C(=O)c2ccc(Oc3ccc(C(=O)c4c(F)c(F)c(Oc5ccc(C(C)(C)c6ccc(O)cc6)cc5)c(F)c4F)cc3)cc2)c(F)c1F. The number of hydrogen-bond donors (Lipinski definition) is 1. The van der Waals surface area contributed by atoms with Gasteiger partial charge in [0, 0.05) is 22.1 Å². The fourth-order valence-corrected chi connectivity index (χ4v) is 6.13. The summed E-state index contributed by atoms with van der Waals surface area (Å²) in [6, 6.07) is 21.5. The van der Waals surface area contributed by atoms with E-state index < -0.39 is 91.9 Å². The van der Waals surface area contributed by atoms with Crippen molar-refractivity contribution in [1.29, 1.82) is 0 Å². The van der Waals surface area contributed by atoms with Gasteiger partial charge in [-0.3, -0.25) is 9.59 Å². The molecule has 61 heavy (non-hydrogen) atoms. The van der Waals surface area contributed by atoms with E-state index in [1.165, 1.54) is 62.4 Å². The summed E-state index contributed by atoms with van der Waals surface area (Å²) in [4.78, 5) is 26.0. The Morgan fingerprint density at radius 3 is 1.15 bits per heavy atom. The van der Waals surface area contributed by atoms with Crippen LogP contribution in [0.5, 0.6) is 28.7 Å². The van der Waals surface area contributed by atoms with E-state index in [1.54, 1.807) is 24.3 Å². The second-order valence-electron chi connectivity index (χ2n) is 15.5. The van der Waals surface area contributed by atoms with Gasteiger partial charge in [0.2, 0.25) is 17.4 Å². The summed E-state index contributed by atoms with van der Waals surface area (Å²) in [6.07, 6.45) is 0. The smallest absolute Gasteiger partial charge is 0.205 e. The second kappa shape index (κ2) is 18.4. The molecular formula is C48H40F8O5. The van der Waals surface area contributed by atoms with Gasteiger partial charge in [0.1, 0.15) is 34.1 Å². The predicted octanol–water partition coefficient (Wildman–Crippen LogP) is 13.7. The molecule has 0 aliphatic heterocycles. The minimum atomic E-state index is -1.99. The molecule has 0 fully saturated rings. The van der Waals surface area contributed by atoms with Crippen molar-refractivity contribution in [3.05, 3.63) is 183 Å². The quantitative estimate of drug-likeness (QED) is 0.0799. The van der Waals surface area contributed by atoms with Crippen molar-refractivity contribution in [1.82, 2.24) is 0 Å². The van der Waals surface area contributed by atoms with Crippen LogP contribution in [0, 0.1) is 52.5 Å². The lowest BCUT2D eigenvalue weighted by Gasteiger charge is -2.26. The van der Waals surface area contributed by atoms with Crippen molar-refractivity contribution in [3.8, 4) is 28.7 Å². The third kappa shape index (κ3) is 9.61. The van der Waals surface area contributed by atoms with E-state index in [0.717, 1.165) is 41.3 Å². The molecule has 6 rings (SSSR count). The summed E-state index contributed by atoms with van der Waals surface area (Å²) in [5.41, 5.74) is -3.44. The molecule has 0 atom stereocenters. The molecule has 0 saturated carbocycles. The first kappa shape index (κ1) is 45.6. The number of ether oxygens (including phenoxy) is 2. The first-order valence-electron chi connectivity index (χ1n) is 18.9. The molecule has 0 radical (unpaired) electrons. The summed E-state index contributed by atoms with van der Waals surface area (Å²) >= 11 is 0. The number of phenolic OH excluding ortho intramolecular Hbond substituents is 1. The normalized spacial score (nSPS) is 11.4. The van der Waals surface area contributed by atoms with Crippen molar-refractivity contribution in [2.45, 2.75) is 59.8 Å². The minimum Gasteiger partial charge on any atom is -0.508 e. The van der Waals surface area contributed by atoms with E-state index in [2.05, 4.69) is 20.8 Å². The lowest BCUT2D eigenvalue weighted by atomic mass is 9.78. The number of phenols is 1. The average molecular weight is 849 g/mol. The molecule has 0 unspecified atom stereocenters. The molecule has 6 aromatic rings. The molecular weight excluding hydrogens is 809 g/mol. The van der Waals surface area contributed by atoms with E-state index in [9.17, 15) is 32.3 Å². The van der Waals surface area contributed by atoms with Crippen LogP contribution in [0.3, 0.4) is 0 Å². The maximum atomic E-state index is 15.2. The molecule has 0 spiro atoms. The maximum absolute atomic E-state index is 15.2. The van der Waals surface area contributed by atoms with Crippen LogP contribution in [0.25, 0.3) is 0 Å². The molecule has 1 N–H and O–H groups in total. The van der Waals surface area contributed by atoms with E-state index >= 15 is 17.6 Å². The Labute approximate surface area is 347 Å². The molecule has 0 aliphatic carbocycles. The molecule has 0 saturated heterocycles. The van der Waals surface area contributed by atoms with Gasteiger partial charge in [-0.25, -0.2) is 26.3 Å². The van der Waals surface area contributed by atoms with Crippen molar-refractivity contribution >= 4 is 11.6 Å². The summed E-state index contributed by atoms with van der Waals surface area (Å²) in [5, 5.41) is 9.60. The summed E-state index contributed by atoms with van der Waals surface area (Å²) in [5.74, 6) is -19.1. The Bertz CT molecular complexity index is 2510. The molecule has 0 bridgehead atoms. The van der Waals surface area contributed by atoms with Gasteiger partial charge in [-0.05, 0) is 95.8 Å². The van der Waals surface area contributed by atoms with Gasteiger partial charge in [-0.1, -0.05) is 72.7 Å². The van der Waals surface area contributed by atoms with Gasteiger partial charge >= 0.3 is 0 Å². The summed E-state index contributed by atoms with van der Waals surface area (Å²) in [6.45, 7) is 13.0. The van der Waals surface area contributed by atoms with Crippen LogP contribution in [0.15, 0.2) is 97.1 Å². The topological polar surface area (TPSA) is 72.8 Å². The third-order valence-corrected chi connectivity index (χ3v) is 9.41. The number of carbonyl (C=O) groups is 2. The monoisotopic (exact) mass is 848 g/mol. The summed E-state index contributed by atoms with van der Waals surface area (Å²) in [7, 11) is 0. The van der Waals surface area contributed by atoms with Crippen molar-refractivity contribution < 1.29 is 59.3 Å². The first-order valence-corrected chi connectivity index (χ1v) is 18.9. The molecule has 6 aromatic carbocycles. The molecule has 0 aromatic heterocycles. The van der Waals surface area contributed by atoms with Gasteiger partial charge in [-0.15, -0.1) is 0 Å². The standard InChI is InChI=1S/C44H30F8O5.C4H10/c1-21(2)30-33(45)35(47)31(36(48)34(30)46)41(54)22-5-15-27(16-6-22)56-28-17-7-23(8-18-28)42(55)32-37(49)39(51)43(40(52)38(32)50)57-29-19-11-25(12-20-29)44(3,4)24-9-13-26(53)14-10-24;1-4(2)3/h5-21,53H,1-4H3;4H,1-3H3. The molecule has 0 amide bonds. The maximum Gasteiger partial charge on any atom is 0.205 e. The predicted molar refractivity (Wildman–Crippen MR) is 214 cm³/mol. The second-order valence-corrected chi connectivity index (χ2v) is 15.5. The molecule has 5 nitrogen and oxygen atoms in total. The van der Waals surface area contributed by atoms with Crippen LogP contribution in [0.4, 0.5) is 35.1 Å². The number of aromatic hydroxyl groups is 1. The van der Waals surface area contributed by atoms with Crippen LogP contribution in [0.1, 0.15) is 103 Å². The Kier molecular flexibility index (Phi) is 13.8. The Balaban J connectivity index is 0.00000168. The Hall–Kier alpha value is -6.50. The number of hydrogen-bond acceptors (Lipinski definition) is 5. The highest BCUT2D eigenvalue weighted by atomic mass is 19.2. The van der Waals surface area contributed by atoms with Crippen molar-refractivity contribution in [3.63, 3.8) is 0 Å². The van der Waals surface area contributed by atoms with Crippen molar-refractivity contribution in [2.75, 3.05) is 0 Å². The fourth-order valence-electron chi connectivity index (χ4n) is 6.13. The average Bonchev–Trinajstić information content (AvgIpc) is 3.21. The highest BCUT2D eigenvalue weighted by Crippen LogP contribution is 2.38. The zero-order chi connectivity index (χ0) is 45.1. The van der Waals surface area contributed by atoms with Crippen molar-refractivity contribution in [2.24, 2.45) is 5.92 Å². The first-order chi connectivity index (χ1) is 28.6. The van der Waals surface area contributed by atoms with Crippen LogP contribution in [-0.4, -0.2) is 16.7 Å². The Morgan fingerprint density at radius 1 is 0.475 bits per heavy atom. The van der Waals surface area contributed by atoms with Gasteiger partial charge in [0.15, 0.2) is 46.5 Å². The Morgan fingerprint density at radius 2 is 0.787 bits per heavy atom. The zero-order valence-corrected chi connectivity index (χ0v) is 34.0. The lowest BCUT2D eigenvalue weighted by molar-refractivity contribution is 0.102. The fraction of sp³-hybridized carbons (Fsp3) is 0.208. The lowest BCUT2D eigenvalue weighted by Crippen LogP contribution is -2.18. The highest BCUT2D eigenvalue weighted by molar-refractivity contribution is 6.10. The number of benzene rings is 6. The van der Waals surface area contributed by atoms with Crippen LogP contribution in [0.2, 0.25) is 0 Å². The number of halogens is 8. The van der Waals surface area contributed by atoms with E-state index in [4.69, 9.17) is 9.47 Å². The number of ketones is 2. The van der Waals surface area contributed by atoms with Crippen LogP contribution in [-0.2, 0) is 5.41 Å². The van der Waals surface area contributed by atoms with Gasteiger partial charge in [-0.2, -0.15) is 8.78 Å². The summed E-state index contributed by atoms with van der Waals surface area (Å²) < 4.78 is 130. The van der Waals surface area contributed by atoms with E-state index in [0.29, 0.717) is 0 Å². The van der Waals surface area contributed by atoms with Gasteiger partial charge in [0.05, 0.1) is 0 Å². The van der Waals surface area contributed by atoms with E-state index in [-0.39, 0.29) is 34.1 Å². The van der Waals surface area contributed by atoms with Gasteiger partial charge < -0.3 is 14.6 Å². The van der Waals surface area contributed by atoms with Crippen LogP contribution >= 0.6 is 0 Å². The number of rotatable bonds is 11. The number of carbonyl (C=O) groups excluding carboxylic acids is 2. The minimum absolute atomic E-state index is 0.0376. The third-order valence-electron chi connectivity index (χ3n) is 9.41. The highest BCUT2D eigenvalue weighted by Gasteiger charge is 2.33. The molecule has 0 aliphatic rings. The molecule has 318 valence electrons.